The molecule has 0 bridgehead atoms. The summed E-state index contributed by atoms with van der Waals surface area (Å²) in [6.07, 6.45) is 3.14. The van der Waals surface area contributed by atoms with Gasteiger partial charge in [0.1, 0.15) is 6.04 Å². The first-order chi connectivity index (χ1) is 13.2. The standard InChI is InChI=1S/C19H29N3O5S/c1-7-11(2)17(18(25)26-5)22-15(23)10-27-16(24)9-8-14-12(3)20-19(28-6)21-13(14)4/h11,17H,7-10H2,1-6H3,(H,22,23)/t11-,17-/m1/s1. The van der Waals surface area contributed by atoms with E-state index in [-0.39, 0.29) is 12.3 Å². The first kappa shape index (κ1) is 23.9. The molecular formula is C19H29N3O5S. The lowest BCUT2D eigenvalue weighted by Gasteiger charge is -2.21. The fourth-order valence-electron chi connectivity index (χ4n) is 2.62. The molecule has 0 aliphatic rings. The summed E-state index contributed by atoms with van der Waals surface area (Å²) < 4.78 is 9.74. The van der Waals surface area contributed by atoms with Crippen molar-refractivity contribution in [2.45, 2.75) is 58.2 Å². The van der Waals surface area contributed by atoms with Crippen molar-refractivity contribution in [1.82, 2.24) is 15.3 Å². The van der Waals surface area contributed by atoms with E-state index in [0.717, 1.165) is 17.0 Å². The molecule has 8 nitrogen and oxygen atoms in total. The van der Waals surface area contributed by atoms with Crippen LogP contribution in [0.4, 0.5) is 0 Å². The van der Waals surface area contributed by atoms with Crippen LogP contribution in [0.2, 0.25) is 0 Å². The number of ether oxygens (including phenoxy) is 2. The van der Waals surface area contributed by atoms with Gasteiger partial charge < -0.3 is 14.8 Å². The Kier molecular flexibility index (Phi) is 9.92. The number of hydrogen-bond acceptors (Lipinski definition) is 8. The second kappa shape index (κ2) is 11.6. The molecule has 0 saturated carbocycles. The second-order valence-electron chi connectivity index (χ2n) is 6.47. The van der Waals surface area contributed by atoms with Crippen LogP contribution in [0.5, 0.6) is 0 Å². The molecule has 2 atom stereocenters. The number of nitrogens with one attached hydrogen (secondary N) is 1. The van der Waals surface area contributed by atoms with Gasteiger partial charge in [-0.1, -0.05) is 32.0 Å². The highest BCUT2D eigenvalue weighted by Crippen LogP contribution is 2.17. The van der Waals surface area contributed by atoms with E-state index in [1.807, 2.05) is 34.0 Å². The largest absolute Gasteiger partial charge is 0.467 e. The van der Waals surface area contributed by atoms with E-state index in [1.54, 1.807) is 0 Å². The van der Waals surface area contributed by atoms with Crippen LogP contribution in [0.25, 0.3) is 0 Å². The summed E-state index contributed by atoms with van der Waals surface area (Å²) in [5.41, 5.74) is 2.57. The molecular weight excluding hydrogens is 382 g/mol. The molecule has 28 heavy (non-hydrogen) atoms. The number of aromatic nitrogens is 2. The van der Waals surface area contributed by atoms with E-state index < -0.39 is 30.5 Å². The molecule has 0 saturated heterocycles. The van der Waals surface area contributed by atoms with E-state index in [9.17, 15) is 14.4 Å². The van der Waals surface area contributed by atoms with Gasteiger partial charge in [0.2, 0.25) is 0 Å². The van der Waals surface area contributed by atoms with Crippen LogP contribution < -0.4 is 5.32 Å². The van der Waals surface area contributed by atoms with Gasteiger partial charge in [-0.15, -0.1) is 0 Å². The Balaban J connectivity index is 2.54. The van der Waals surface area contributed by atoms with Gasteiger partial charge in [0.15, 0.2) is 11.8 Å². The minimum atomic E-state index is -0.765. The van der Waals surface area contributed by atoms with Crippen molar-refractivity contribution >= 4 is 29.6 Å². The maximum atomic E-state index is 12.0. The quantitative estimate of drug-likeness (QED) is 0.354. The summed E-state index contributed by atoms with van der Waals surface area (Å²) in [6.45, 7) is 7.06. The highest BCUT2D eigenvalue weighted by Gasteiger charge is 2.27. The number of methoxy groups -OCH3 is 1. The van der Waals surface area contributed by atoms with Crippen LogP contribution in [-0.2, 0) is 30.3 Å². The van der Waals surface area contributed by atoms with Crippen molar-refractivity contribution in [2.75, 3.05) is 20.0 Å². The third-order valence-corrected chi connectivity index (χ3v) is 5.06. The summed E-state index contributed by atoms with van der Waals surface area (Å²) in [5, 5.41) is 3.26. The van der Waals surface area contributed by atoms with Crippen molar-refractivity contribution in [1.29, 1.82) is 0 Å². The summed E-state index contributed by atoms with van der Waals surface area (Å²) in [5.74, 6) is -1.65. The molecule has 0 radical (unpaired) electrons. The zero-order chi connectivity index (χ0) is 21.3. The molecule has 1 aromatic rings. The van der Waals surface area contributed by atoms with Crippen molar-refractivity contribution in [2.24, 2.45) is 5.92 Å². The van der Waals surface area contributed by atoms with Crippen molar-refractivity contribution in [3.8, 4) is 0 Å². The number of nitrogens with zero attached hydrogens (tertiary/aromatic N) is 2. The molecule has 0 aliphatic carbocycles. The highest BCUT2D eigenvalue weighted by molar-refractivity contribution is 7.98. The van der Waals surface area contributed by atoms with Crippen molar-refractivity contribution in [3.05, 3.63) is 17.0 Å². The summed E-state index contributed by atoms with van der Waals surface area (Å²) in [7, 11) is 1.27. The molecule has 0 spiro atoms. The minimum absolute atomic E-state index is 0.0951. The van der Waals surface area contributed by atoms with Gasteiger partial charge >= 0.3 is 11.9 Å². The number of aryl methyl sites for hydroxylation is 2. The Hall–Kier alpha value is -2.16. The zero-order valence-electron chi connectivity index (χ0n) is 17.3. The lowest BCUT2D eigenvalue weighted by atomic mass is 9.99. The molecule has 1 heterocycles. The van der Waals surface area contributed by atoms with Crippen molar-refractivity contribution < 1.29 is 23.9 Å². The summed E-state index contributed by atoms with van der Waals surface area (Å²) >= 11 is 1.46. The average molecular weight is 412 g/mol. The Morgan fingerprint density at radius 2 is 1.79 bits per heavy atom. The van der Waals surface area contributed by atoms with Gasteiger partial charge in [0.05, 0.1) is 7.11 Å². The fraction of sp³-hybridized carbons (Fsp3) is 0.632. The van der Waals surface area contributed by atoms with Crippen LogP contribution in [0, 0.1) is 19.8 Å². The SMILES string of the molecule is CC[C@@H](C)[C@@H](NC(=O)COC(=O)CCc1c(C)nc(SC)nc1C)C(=O)OC. The van der Waals surface area contributed by atoms with Gasteiger partial charge in [0.25, 0.3) is 5.91 Å². The lowest BCUT2D eigenvalue weighted by Crippen LogP contribution is -2.47. The van der Waals surface area contributed by atoms with Gasteiger partial charge in [-0.05, 0) is 38.0 Å². The predicted octanol–water partition coefficient (Wildman–Crippen LogP) is 2.00. The normalized spacial score (nSPS) is 12.8. The third-order valence-electron chi connectivity index (χ3n) is 4.51. The maximum Gasteiger partial charge on any atom is 0.328 e. The van der Waals surface area contributed by atoms with Crippen LogP contribution in [0.1, 0.15) is 43.6 Å². The molecule has 156 valence electrons. The molecule has 0 aliphatic heterocycles. The zero-order valence-corrected chi connectivity index (χ0v) is 18.1. The molecule has 0 unspecified atom stereocenters. The highest BCUT2D eigenvalue weighted by atomic mass is 32.2. The smallest absolute Gasteiger partial charge is 0.328 e. The molecule has 1 amide bonds. The van der Waals surface area contributed by atoms with E-state index >= 15 is 0 Å². The van der Waals surface area contributed by atoms with Gasteiger partial charge in [-0.2, -0.15) is 0 Å². The van der Waals surface area contributed by atoms with E-state index in [2.05, 4.69) is 15.3 Å². The van der Waals surface area contributed by atoms with E-state index in [1.165, 1.54) is 18.9 Å². The van der Waals surface area contributed by atoms with Gasteiger partial charge in [0, 0.05) is 17.8 Å². The molecule has 1 aromatic heterocycles. The summed E-state index contributed by atoms with van der Waals surface area (Å²) in [6, 6.07) is -0.765. The van der Waals surface area contributed by atoms with Gasteiger partial charge in [-0.25, -0.2) is 14.8 Å². The first-order valence-electron chi connectivity index (χ1n) is 9.14. The topological polar surface area (TPSA) is 107 Å². The Morgan fingerprint density at radius 1 is 1.18 bits per heavy atom. The van der Waals surface area contributed by atoms with Crippen LogP contribution in [0.15, 0.2) is 5.16 Å². The predicted molar refractivity (Wildman–Crippen MR) is 106 cm³/mol. The monoisotopic (exact) mass is 411 g/mol. The number of carbonyl (C=O) groups excluding carboxylic acids is 3. The third kappa shape index (κ3) is 7.10. The van der Waals surface area contributed by atoms with Crippen LogP contribution in [-0.4, -0.2) is 53.8 Å². The summed E-state index contributed by atoms with van der Waals surface area (Å²) in [4.78, 5) is 44.6. The number of esters is 2. The average Bonchev–Trinajstić information content (AvgIpc) is 2.68. The number of rotatable bonds is 10. The molecule has 9 heteroatoms. The Bertz CT molecular complexity index is 688. The maximum absolute atomic E-state index is 12.0. The van der Waals surface area contributed by atoms with Crippen LogP contribution in [0.3, 0.4) is 0 Å². The van der Waals surface area contributed by atoms with Crippen LogP contribution >= 0.6 is 11.8 Å². The second-order valence-corrected chi connectivity index (χ2v) is 7.25. The number of hydrogen-bond donors (Lipinski definition) is 1. The van der Waals surface area contributed by atoms with Crippen molar-refractivity contribution in [3.63, 3.8) is 0 Å². The number of thioether (sulfide) groups is 1. The van der Waals surface area contributed by atoms with E-state index in [0.29, 0.717) is 18.0 Å². The first-order valence-corrected chi connectivity index (χ1v) is 10.4. The Morgan fingerprint density at radius 3 is 2.29 bits per heavy atom. The fourth-order valence-corrected chi connectivity index (χ4v) is 3.07. The number of carbonyl (C=O) groups is 3. The Labute approximate surface area is 170 Å². The number of amides is 1. The lowest BCUT2D eigenvalue weighted by molar-refractivity contribution is -0.151. The molecule has 0 aromatic carbocycles. The van der Waals surface area contributed by atoms with Gasteiger partial charge in [-0.3, -0.25) is 9.59 Å². The van der Waals surface area contributed by atoms with E-state index in [4.69, 9.17) is 9.47 Å². The molecule has 1 N–H and O–H groups in total. The molecule has 1 rings (SSSR count). The minimum Gasteiger partial charge on any atom is -0.467 e. The molecule has 0 fully saturated rings.